The maximum atomic E-state index is 13.2. The molecule has 74 valence electrons. The molecule has 1 rings (SSSR count). The fourth-order valence-corrected chi connectivity index (χ4v) is 1.25. The molecule has 0 atom stereocenters. The summed E-state index contributed by atoms with van der Waals surface area (Å²) in [7, 11) is 0. The van der Waals surface area contributed by atoms with Crippen LogP contribution in [0.15, 0.2) is 28.2 Å². The van der Waals surface area contributed by atoms with Crippen LogP contribution in [0.25, 0.3) is 6.08 Å². The second-order valence-electron chi connectivity index (χ2n) is 2.80. The molecule has 0 spiro atoms. The van der Waals surface area contributed by atoms with Gasteiger partial charge in [0.05, 0.1) is 0 Å². The Labute approximate surface area is 89.2 Å². The van der Waals surface area contributed by atoms with Gasteiger partial charge in [0.1, 0.15) is 5.82 Å². The number of carboxylic acids is 1. The quantitative estimate of drug-likeness (QED) is 0.828. The van der Waals surface area contributed by atoms with Crippen molar-refractivity contribution in [3.63, 3.8) is 0 Å². The van der Waals surface area contributed by atoms with Gasteiger partial charge in [-0.15, -0.1) is 0 Å². The first-order valence-corrected chi connectivity index (χ1v) is 4.66. The molecule has 1 aromatic carbocycles. The van der Waals surface area contributed by atoms with Gasteiger partial charge in [-0.25, -0.2) is 9.18 Å². The first kappa shape index (κ1) is 10.9. The number of carboxylic acid groups (broad SMARTS) is 1. The monoisotopic (exact) mass is 258 g/mol. The van der Waals surface area contributed by atoms with E-state index in [9.17, 15) is 9.18 Å². The van der Waals surface area contributed by atoms with E-state index in [0.29, 0.717) is 4.47 Å². The molecule has 1 N–H and O–H groups in total. The minimum Gasteiger partial charge on any atom is -0.478 e. The van der Waals surface area contributed by atoms with Gasteiger partial charge in [0.25, 0.3) is 0 Å². The Hall–Kier alpha value is -1.16. The van der Waals surface area contributed by atoms with Gasteiger partial charge in [-0.3, -0.25) is 0 Å². The van der Waals surface area contributed by atoms with Crippen molar-refractivity contribution in [2.75, 3.05) is 0 Å². The van der Waals surface area contributed by atoms with Crippen LogP contribution in [0.1, 0.15) is 12.5 Å². The Kier molecular flexibility index (Phi) is 3.41. The Morgan fingerprint density at radius 3 is 2.71 bits per heavy atom. The molecule has 0 amide bonds. The molecule has 0 fully saturated rings. The second kappa shape index (κ2) is 4.37. The van der Waals surface area contributed by atoms with Gasteiger partial charge in [0, 0.05) is 15.6 Å². The van der Waals surface area contributed by atoms with Crippen molar-refractivity contribution in [1.82, 2.24) is 0 Å². The van der Waals surface area contributed by atoms with E-state index < -0.39 is 11.8 Å². The standard InChI is InChI=1S/C10H8BrFO2/c1-6(10(13)14)4-7-2-3-8(11)5-9(7)12/h2-5H,1H3,(H,13,14)/b6-4+. The third kappa shape index (κ3) is 2.67. The van der Waals surface area contributed by atoms with Crippen molar-refractivity contribution in [3.8, 4) is 0 Å². The van der Waals surface area contributed by atoms with Crippen molar-refractivity contribution in [2.24, 2.45) is 0 Å². The molecule has 0 aliphatic heterocycles. The topological polar surface area (TPSA) is 37.3 Å². The molecule has 0 aliphatic carbocycles. The highest BCUT2D eigenvalue weighted by atomic mass is 79.9. The zero-order valence-corrected chi connectivity index (χ0v) is 9.01. The molecule has 0 unspecified atom stereocenters. The zero-order chi connectivity index (χ0) is 10.7. The molecule has 14 heavy (non-hydrogen) atoms. The molecule has 0 bridgehead atoms. The lowest BCUT2D eigenvalue weighted by Gasteiger charge is -1.98. The first-order chi connectivity index (χ1) is 6.50. The average molecular weight is 259 g/mol. The van der Waals surface area contributed by atoms with Crippen LogP contribution in [0.3, 0.4) is 0 Å². The Morgan fingerprint density at radius 2 is 2.21 bits per heavy atom. The minimum atomic E-state index is -1.05. The first-order valence-electron chi connectivity index (χ1n) is 3.87. The molecule has 0 saturated carbocycles. The summed E-state index contributed by atoms with van der Waals surface area (Å²) < 4.78 is 13.8. The minimum absolute atomic E-state index is 0.103. The van der Waals surface area contributed by atoms with Gasteiger partial charge in [-0.05, 0) is 25.1 Å². The number of carbonyl (C=O) groups is 1. The Bertz CT molecular complexity index is 399. The summed E-state index contributed by atoms with van der Waals surface area (Å²) in [6.45, 7) is 1.42. The van der Waals surface area contributed by atoms with Crippen LogP contribution in [-0.2, 0) is 4.79 Å². The van der Waals surface area contributed by atoms with Crippen LogP contribution >= 0.6 is 15.9 Å². The van der Waals surface area contributed by atoms with Crippen molar-refractivity contribution in [3.05, 3.63) is 39.6 Å². The molecular formula is C10H8BrFO2. The molecule has 0 aliphatic rings. The van der Waals surface area contributed by atoms with Crippen LogP contribution in [0, 0.1) is 5.82 Å². The van der Waals surface area contributed by atoms with Crippen molar-refractivity contribution in [1.29, 1.82) is 0 Å². The van der Waals surface area contributed by atoms with Crippen LogP contribution in [0.2, 0.25) is 0 Å². The summed E-state index contributed by atoms with van der Waals surface area (Å²) in [5, 5.41) is 8.59. The summed E-state index contributed by atoms with van der Waals surface area (Å²) in [4.78, 5) is 10.5. The number of halogens is 2. The molecule has 0 saturated heterocycles. The molecule has 2 nitrogen and oxygen atoms in total. The molecular weight excluding hydrogens is 251 g/mol. The maximum Gasteiger partial charge on any atom is 0.331 e. The van der Waals surface area contributed by atoms with E-state index >= 15 is 0 Å². The van der Waals surface area contributed by atoms with E-state index in [1.165, 1.54) is 25.1 Å². The molecule has 0 radical (unpaired) electrons. The van der Waals surface area contributed by atoms with E-state index in [-0.39, 0.29) is 11.1 Å². The van der Waals surface area contributed by atoms with Crippen molar-refractivity contribution < 1.29 is 14.3 Å². The van der Waals surface area contributed by atoms with E-state index in [0.717, 1.165) is 0 Å². The molecule has 0 aromatic heterocycles. The predicted octanol–water partition coefficient (Wildman–Crippen LogP) is 3.08. The van der Waals surface area contributed by atoms with E-state index in [2.05, 4.69) is 15.9 Å². The fraction of sp³-hybridized carbons (Fsp3) is 0.100. The number of benzene rings is 1. The predicted molar refractivity (Wildman–Crippen MR) is 55.4 cm³/mol. The van der Waals surface area contributed by atoms with Gasteiger partial charge in [0.15, 0.2) is 0 Å². The summed E-state index contributed by atoms with van der Waals surface area (Å²) >= 11 is 3.11. The second-order valence-corrected chi connectivity index (χ2v) is 3.71. The summed E-state index contributed by atoms with van der Waals surface area (Å²) in [5.74, 6) is -1.49. The van der Waals surface area contributed by atoms with Gasteiger partial charge in [-0.2, -0.15) is 0 Å². The van der Waals surface area contributed by atoms with Crippen molar-refractivity contribution in [2.45, 2.75) is 6.92 Å². The lowest BCUT2D eigenvalue weighted by molar-refractivity contribution is -0.132. The third-order valence-electron chi connectivity index (χ3n) is 1.67. The van der Waals surface area contributed by atoms with Crippen LogP contribution in [0.5, 0.6) is 0 Å². The van der Waals surface area contributed by atoms with Gasteiger partial charge < -0.3 is 5.11 Å². The molecule has 1 aromatic rings. The number of rotatable bonds is 2. The lowest BCUT2D eigenvalue weighted by Crippen LogP contribution is -1.96. The molecule has 0 heterocycles. The molecule has 4 heteroatoms. The van der Waals surface area contributed by atoms with Crippen LogP contribution < -0.4 is 0 Å². The summed E-state index contributed by atoms with van der Waals surface area (Å²) in [6.07, 6.45) is 1.30. The Morgan fingerprint density at radius 1 is 1.57 bits per heavy atom. The average Bonchev–Trinajstić information content (AvgIpc) is 2.09. The van der Waals surface area contributed by atoms with E-state index in [1.807, 2.05) is 0 Å². The van der Waals surface area contributed by atoms with Gasteiger partial charge in [0.2, 0.25) is 0 Å². The zero-order valence-electron chi connectivity index (χ0n) is 7.42. The number of hydrogen-bond donors (Lipinski definition) is 1. The number of aliphatic carboxylic acids is 1. The van der Waals surface area contributed by atoms with Crippen LogP contribution in [0.4, 0.5) is 4.39 Å². The lowest BCUT2D eigenvalue weighted by atomic mass is 10.1. The highest BCUT2D eigenvalue weighted by molar-refractivity contribution is 9.10. The Balaban J connectivity index is 3.09. The fourth-order valence-electron chi connectivity index (χ4n) is 0.914. The number of hydrogen-bond acceptors (Lipinski definition) is 1. The summed E-state index contributed by atoms with van der Waals surface area (Å²) in [5.41, 5.74) is 0.374. The SMILES string of the molecule is C/C(=C\c1ccc(Br)cc1F)C(=O)O. The van der Waals surface area contributed by atoms with Gasteiger partial charge in [-0.1, -0.05) is 22.0 Å². The smallest absolute Gasteiger partial charge is 0.331 e. The van der Waals surface area contributed by atoms with Crippen molar-refractivity contribution >= 4 is 28.0 Å². The van der Waals surface area contributed by atoms with Gasteiger partial charge >= 0.3 is 5.97 Å². The summed E-state index contributed by atoms with van der Waals surface area (Å²) in [6, 6.07) is 4.47. The van der Waals surface area contributed by atoms with E-state index in [4.69, 9.17) is 5.11 Å². The highest BCUT2D eigenvalue weighted by Gasteiger charge is 2.04. The van der Waals surface area contributed by atoms with E-state index in [1.54, 1.807) is 6.07 Å². The van der Waals surface area contributed by atoms with Crippen LogP contribution in [-0.4, -0.2) is 11.1 Å². The normalized spacial score (nSPS) is 11.5. The largest absolute Gasteiger partial charge is 0.478 e. The third-order valence-corrected chi connectivity index (χ3v) is 2.17. The maximum absolute atomic E-state index is 13.2. The highest BCUT2D eigenvalue weighted by Crippen LogP contribution is 2.17.